The molecule has 0 radical (unpaired) electrons. The maximum absolute atomic E-state index is 9.20. The quantitative estimate of drug-likeness (QED) is 0.305. The van der Waals surface area contributed by atoms with Crippen LogP contribution in [0, 0.1) is 0 Å². The standard InChI is InChI=1S/C6HCl5O.CH3.Hg/c7-1-2(8)4(10)6(12)5(11)3(1)9;;/h12H;1H3;. The van der Waals surface area contributed by atoms with E-state index in [1.54, 1.807) is 0 Å². The van der Waals surface area contributed by atoms with Gasteiger partial charge in [0.25, 0.3) is 0 Å². The number of benzene rings is 1. The van der Waals surface area contributed by atoms with Gasteiger partial charge in [0.15, 0.2) is 5.75 Å². The van der Waals surface area contributed by atoms with Gasteiger partial charge in [-0.2, -0.15) is 0 Å². The van der Waals surface area contributed by atoms with Gasteiger partial charge in [0.1, 0.15) is 10.0 Å². The summed E-state index contributed by atoms with van der Waals surface area (Å²) < 4.78 is 2.19. The minimum atomic E-state index is -0.363. The maximum atomic E-state index is 9.20. The van der Waals surface area contributed by atoms with Crippen molar-refractivity contribution in [2.45, 2.75) is 4.43 Å². The average Bonchev–Trinajstić information content (AvgIpc) is 2.24. The topological polar surface area (TPSA) is 20.2 Å². The molecule has 1 rings (SSSR count). The Morgan fingerprint density at radius 1 is 0.714 bits per heavy atom. The van der Waals surface area contributed by atoms with Crippen LogP contribution in [-0.4, -0.2) is 5.11 Å². The molecule has 0 saturated heterocycles. The van der Waals surface area contributed by atoms with Crippen molar-refractivity contribution < 1.29 is 31.2 Å². The predicted octanol–water partition coefficient (Wildman–Crippen LogP) is 5.24. The molecule has 1 aromatic rings. The second-order valence-corrected chi connectivity index (χ2v) is 3.81. The summed E-state index contributed by atoms with van der Waals surface area (Å²) in [5.74, 6) is -0.363. The molecule has 75 valence electrons. The molecule has 0 saturated carbocycles. The van der Waals surface area contributed by atoms with E-state index in [0.717, 1.165) is 26.1 Å². The monoisotopic (exact) mass is 481 g/mol. The van der Waals surface area contributed by atoms with E-state index in [2.05, 4.69) is 4.43 Å². The second kappa shape index (κ2) is 6.87. The van der Waals surface area contributed by atoms with Crippen molar-refractivity contribution in [3.63, 3.8) is 0 Å². The van der Waals surface area contributed by atoms with Gasteiger partial charge < -0.3 is 5.11 Å². The van der Waals surface area contributed by atoms with Gasteiger partial charge in [0.2, 0.25) is 0 Å². The summed E-state index contributed by atoms with van der Waals surface area (Å²) in [6.07, 6.45) is 0. The molecule has 0 bridgehead atoms. The minimum absolute atomic E-state index is 0.00904. The van der Waals surface area contributed by atoms with E-state index in [1.165, 1.54) is 0 Å². The first-order valence-electron chi connectivity index (χ1n) is 3.38. The SMILES string of the molecule is Oc1c(Cl)c(Cl)c(Cl)c(Cl)c1Cl.[CH3][Hg]. The van der Waals surface area contributed by atoms with Crippen LogP contribution in [0.1, 0.15) is 0 Å². The number of phenols is 1. The molecular weight excluding hydrogens is 478 g/mol. The zero-order valence-corrected chi connectivity index (χ0v) is 16.3. The third-order valence-corrected chi connectivity index (χ3v) is 3.44. The van der Waals surface area contributed by atoms with Gasteiger partial charge in [-0.1, -0.05) is 58.0 Å². The van der Waals surface area contributed by atoms with Crippen LogP contribution < -0.4 is 0 Å². The third kappa shape index (κ3) is 3.20. The number of rotatable bonds is 0. The van der Waals surface area contributed by atoms with Crippen LogP contribution in [-0.2, 0) is 26.1 Å². The van der Waals surface area contributed by atoms with Crippen LogP contribution in [0.25, 0.3) is 0 Å². The van der Waals surface area contributed by atoms with Gasteiger partial charge in [-0.05, 0) is 0 Å². The van der Waals surface area contributed by atoms with Gasteiger partial charge in [0, 0.05) is 0 Å². The molecule has 1 N–H and O–H groups in total. The fraction of sp³-hybridized carbons (Fsp3) is 0.143. The van der Waals surface area contributed by atoms with Crippen LogP contribution in [0.5, 0.6) is 5.75 Å². The molecule has 0 spiro atoms. The fourth-order valence-electron chi connectivity index (χ4n) is 0.593. The Hall–Kier alpha value is 1.41. The Bertz CT molecular complexity index is 236. The first kappa shape index (κ1) is 15.4. The number of aromatic hydroxyl groups is 1. The molecule has 1 nitrogen and oxygen atoms in total. The van der Waals surface area contributed by atoms with Crippen molar-refractivity contribution in [3.05, 3.63) is 25.1 Å². The molecule has 0 unspecified atom stereocenters. The van der Waals surface area contributed by atoms with Crippen LogP contribution in [0.15, 0.2) is 0 Å². The van der Waals surface area contributed by atoms with Crippen LogP contribution in [0.4, 0.5) is 0 Å². The van der Waals surface area contributed by atoms with Gasteiger partial charge in [-0.3, -0.25) is 0 Å². The molecule has 1 aromatic carbocycles. The van der Waals surface area contributed by atoms with Crippen LogP contribution in [0.2, 0.25) is 29.5 Å². The van der Waals surface area contributed by atoms with E-state index < -0.39 is 0 Å². The molecule has 0 fully saturated rings. The van der Waals surface area contributed by atoms with Crippen molar-refractivity contribution in [2.75, 3.05) is 0 Å². The zero-order chi connectivity index (χ0) is 11.5. The van der Waals surface area contributed by atoms with Crippen molar-refractivity contribution in [2.24, 2.45) is 0 Å². The van der Waals surface area contributed by atoms with Crippen LogP contribution >= 0.6 is 58.0 Å². The normalized spacial score (nSPS) is 9.43. The summed E-state index contributed by atoms with van der Waals surface area (Å²) in [6.45, 7) is 0. The Morgan fingerprint density at radius 2 is 0.929 bits per heavy atom. The molecule has 0 heterocycles. The zero-order valence-electron chi connectivity index (χ0n) is 7.04. The Balaban J connectivity index is 0.000000791. The fourth-order valence-corrected chi connectivity index (χ4v) is 1.72. The van der Waals surface area contributed by atoms with Crippen molar-refractivity contribution in [3.8, 4) is 5.75 Å². The molecule has 7 heteroatoms. The average molecular weight is 482 g/mol. The number of phenolic OH excluding ortho intramolecular Hbond substituents is 1. The molecule has 0 amide bonds. The first-order chi connectivity index (χ1) is 6.46. The van der Waals surface area contributed by atoms with Gasteiger partial charge in [0.05, 0.1) is 15.1 Å². The summed E-state index contributed by atoms with van der Waals surface area (Å²) in [4.78, 5) is 0. The van der Waals surface area contributed by atoms with Crippen LogP contribution in [0.3, 0.4) is 0 Å². The summed E-state index contributed by atoms with van der Waals surface area (Å²) >= 11 is 28.9. The van der Waals surface area contributed by atoms with Gasteiger partial charge in [-0.25, -0.2) is 0 Å². The molecule has 14 heavy (non-hydrogen) atoms. The second-order valence-electron chi connectivity index (χ2n) is 1.92. The summed E-state index contributed by atoms with van der Waals surface area (Å²) in [5, 5.41) is 9.01. The van der Waals surface area contributed by atoms with E-state index in [1.807, 2.05) is 0 Å². The Morgan fingerprint density at radius 3 is 1.21 bits per heavy atom. The van der Waals surface area contributed by atoms with E-state index >= 15 is 0 Å². The molecule has 0 aliphatic heterocycles. The number of halogens is 5. The van der Waals surface area contributed by atoms with Crippen molar-refractivity contribution >= 4 is 58.0 Å². The molecule has 0 aromatic heterocycles. The molecule has 0 aliphatic carbocycles. The predicted molar refractivity (Wildman–Crippen MR) is 59.0 cm³/mol. The Labute approximate surface area is 123 Å². The van der Waals surface area contributed by atoms with Gasteiger partial charge >= 0.3 is 30.6 Å². The Kier molecular flexibility index (Phi) is 7.56. The first-order valence-corrected chi connectivity index (χ1v) is 10.8. The van der Waals surface area contributed by atoms with E-state index in [-0.39, 0.29) is 30.9 Å². The van der Waals surface area contributed by atoms with Gasteiger partial charge in [-0.15, -0.1) is 0 Å². The molecule has 0 atom stereocenters. The van der Waals surface area contributed by atoms with E-state index in [9.17, 15) is 5.11 Å². The molecular formula is C7H4Cl5HgO. The third-order valence-electron chi connectivity index (χ3n) is 1.19. The van der Waals surface area contributed by atoms with E-state index in [0.29, 0.717) is 0 Å². The number of hydrogen-bond acceptors (Lipinski definition) is 1. The van der Waals surface area contributed by atoms with E-state index in [4.69, 9.17) is 58.0 Å². The summed E-state index contributed by atoms with van der Waals surface area (Å²) in [7, 11) is 0. The summed E-state index contributed by atoms with van der Waals surface area (Å²) in [5.41, 5.74) is 0. The number of hydrogen-bond donors (Lipinski definition) is 1. The molecule has 0 aliphatic rings. The summed E-state index contributed by atoms with van der Waals surface area (Å²) in [6, 6.07) is 0. The van der Waals surface area contributed by atoms with Crippen molar-refractivity contribution in [1.29, 1.82) is 0 Å². The van der Waals surface area contributed by atoms with Crippen molar-refractivity contribution in [1.82, 2.24) is 0 Å².